The summed E-state index contributed by atoms with van der Waals surface area (Å²) < 4.78 is 5.97. The van der Waals surface area contributed by atoms with Gasteiger partial charge in [0, 0.05) is 0 Å². The van der Waals surface area contributed by atoms with Gasteiger partial charge >= 0.3 is 0 Å². The summed E-state index contributed by atoms with van der Waals surface area (Å²) in [6, 6.07) is 2.20. The third kappa shape index (κ3) is 7.13. The fourth-order valence-electron chi connectivity index (χ4n) is 2.96. The number of thioether (sulfide) groups is 1. The minimum absolute atomic E-state index is 0.000108. The van der Waals surface area contributed by atoms with Gasteiger partial charge in [-0.2, -0.15) is 11.3 Å². The maximum atomic E-state index is 5.97. The van der Waals surface area contributed by atoms with E-state index in [2.05, 4.69) is 45.8 Å². The van der Waals surface area contributed by atoms with Gasteiger partial charge in [-0.3, -0.25) is 0 Å². The topological polar surface area (TPSA) is 9.23 Å². The van der Waals surface area contributed by atoms with Crippen molar-refractivity contribution in [3.63, 3.8) is 0 Å². The lowest BCUT2D eigenvalue weighted by Crippen LogP contribution is -2.07. The summed E-state index contributed by atoms with van der Waals surface area (Å²) in [5, 5.41) is 5.46. The smallest absolute Gasteiger partial charge is 0.151 e. The third-order valence-electron chi connectivity index (χ3n) is 4.49. The number of unbranched alkanes of at least 4 members (excludes halogenated alkanes) is 9. The Bertz CT molecular complexity index is 472. The number of hydrogen-bond donors (Lipinski definition) is 0. The molecule has 2 heterocycles. The highest BCUT2D eigenvalue weighted by Crippen LogP contribution is 2.54. The van der Waals surface area contributed by atoms with Gasteiger partial charge in [-0.15, -0.1) is 0 Å². The number of allylic oxidation sites excluding steroid dienone is 1. The Labute approximate surface area is 164 Å². The van der Waals surface area contributed by atoms with Crippen LogP contribution in [-0.2, 0) is 8.39 Å². The lowest BCUT2D eigenvalue weighted by atomic mass is 10.1. The molecule has 0 amide bonds. The van der Waals surface area contributed by atoms with E-state index in [-0.39, 0.29) is 3.66 Å². The molecular formula is C20H31BrOS2. The lowest BCUT2D eigenvalue weighted by molar-refractivity contribution is 0.230. The van der Waals surface area contributed by atoms with Crippen molar-refractivity contribution in [1.82, 2.24) is 0 Å². The molecule has 0 bridgehead atoms. The molecule has 1 atom stereocenters. The van der Waals surface area contributed by atoms with Crippen molar-refractivity contribution >= 4 is 39.0 Å². The van der Waals surface area contributed by atoms with Crippen LogP contribution in [0.2, 0.25) is 0 Å². The molecule has 4 heteroatoms. The van der Waals surface area contributed by atoms with Crippen LogP contribution in [-0.4, -0.2) is 6.61 Å². The Kier molecular flexibility index (Phi) is 9.89. The van der Waals surface area contributed by atoms with Crippen LogP contribution >= 0.6 is 39.0 Å². The van der Waals surface area contributed by atoms with E-state index in [1.54, 1.807) is 11.3 Å². The number of hydrogen-bond acceptors (Lipinski definition) is 3. The summed E-state index contributed by atoms with van der Waals surface area (Å²) >= 11 is 7.45. The second-order valence-electron chi connectivity index (χ2n) is 6.60. The molecule has 1 aliphatic rings. The molecule has 1 aliphatic heterocycles. The molecule has 1 aromatic rings. The van der Waals surface area contributed by atoms with Gasteiger partial charge in [-0.1, -0.05) is 92.4 Å². The van der Waals surface area contributed by atoms with Crippen LogP contribution in [0.4, 0.5) is 0 Å². The second-order valence-corrected chi connectivity index (χ2v) is 10.6. The highest BCUT2D eigenvalue weighted by molar-refractivity contribution is 9.11. The molecule has 0 saturated heterocycles. The SMILES string of the molecule is CCCCCCCCCCCCOC1=CCC(Br)(c2ccsc2)S1. The van der Waals surface area contributed by atoms with Gasteiger partial charge in [0.15, 0.2) is 5.09 Å². The predicted molar refractivity (Wildman–Crippen MR) is 113 cm³/mol. The van der Waals surface area contributed by atoms with Gasteiger partial charge in [0.05, 0.1) is 6.61 Å². The molecule has 1 nitrogen and oxygen atoms in total. The zero-order chi connectivity index (χ0) is 17.1. The summed E-state index contributed by atoms with van der Waals surface area (Å²) in [6.45, 7) is 3.14. The summed E-state index contributed by atoms with van der Waals surface area (Å²) in [4.78, 5) is 0. The first-order chi connectivity index (χ1) is 11.7. The van der Waals surface area contributed by atoms with E-state index in [1.807, 2.05) is 11.8 Å². The fourth-order valence-corrected chi connectivity index (χ4v) is 5.84. The summed E-state index contributed by atoms with van der Waals surface area (Å²) in [5.41, 5.74) is 1.35. The van der Waals surface area contributed by atoms with Gasteiger partial charge in [0.25, 0.3) is 0 Å². The van der Waals surface area contributed by atoms with Crippen molar-refractivity contribution in [2.75, 3.05) is 6.61 Å². The Morgan fingerprint density at radius 2 is 1.71 bits per heavy atom. The highest BCUT2D eigenvalue weighted by Gasteiger charge is 2.36. The van der Waals surface area contributed by atoms with Crippen molar-refractivity contribution in [3.8, 4) is 0 Å². The minimum Gasteiger partial charge on any atom is -0.488 e. The number of ether oxygens (including phenoxy) is 1. The molecule has 24 heavy (non-hydrogen) atoms. The molecule has 0 saturated carbocycles. The molecule has 0 spiro atoms. The molecular weight excluding hydrogens is 400 g/mol. The molecule has 0 aromatic carbocycles. The lowest BCUT2D eigenvalue weighted by Gasteiger charge is -2.19. The van der Waals surface area contributed by atoms with E-state index in [0.717, 1.165) is 18.1 Å². The zero-order valence-electron chi connectivity index (χ0n) is 14.9. The van der Waals surface area contributed by atoms with Crippen LogP contribution in [0.25, 0.3) is 0 Å². The Morgan fingerprint density at radius 1 is 1.04 bits per heavy atom. The zero-order valence-corrected chi connectivity index (χ0v) is 18.1. The largest absolute Gasteiger partial charge is 0.488 e. The molecule has 1 aromatic heterocycles. The first-order valence-corrected chi connectivity index (χ1v) is 12.0. The van der Waals surface area contributed by atoms with Crippen molar-refractivity contribution in [3.05, 3.63) is 33.6 Å². The molecule has 1 unspecified atom stereocenters. The number of rotatable bonds is 13. The monoisotopic (exact) mass is 430 g/mol. The molecule has 0 radical (unpaired) electrons. The van der Waals surface area contributed by atoms with E-state index in [4.69, 9.17) is 4.74 Å². The van der Waals surface area contributed by atoms with E-state index < -0.39 is 0 Å². The fraction of sp³-hybridized carbons (Fsp3) is 0.700. The van der Waals surface area contributed by atoms with Crippen LogP contribution in [0, 0.1) is 0 Å². The first-order valence-electron chi connectivity index (χ1n) is 9.48. The standard InChI is InChI=1S/C20H31BrOS2/c1-2-3-4-5-6-7-8-9-10-11-15-22-19-12-14-20(21,24-19)18-13-16-23-17-18/h12-13,16-17H,2-11,14-15H2,1H3. The minimum atomic E-state index is 0.000108. The molecule has 0 fully saturated rings. The number of alkyl halides is 1. The molecule has 136 valence electrons. The first kappa shape index (κ1) is 20.4. The average Bonchev–Trinajstić information content (AvgIpc) is 3.23. The highest BCUT2D eigenvalue weighted by atomic mass is 79.9. The summed E-state index contributed by atoms with van der Waals surface area (Å²) in [7, 11) is 0. The van der Waals surface area contributed by atoms with Gasteiger partial charge in [0.2, 0.25) is 0 Å². The summed E-state index contributed by atoms with van der Waals surface area (Å²) in [6.07, 6.45) is 16.9. The molecule has 0 aliphatic carbocycles. The van der Waals surface area contributed by atoms with Crippen LogP contribution in [0.15, 0.2) is 28.0 Å². The summed E-state index contributed by atoms with van der Waals surface area (Å²) in [5.74, 6) is 0. The molecule has 2 rings (SSSR count). The van der Waals surface area contributed by atoms with Crippen molar-refractivity contribution < 1.29 is 4.74 Å². The quantitative estimate of drug-likeness (QED) is 0.230. The van der Waals surface area contributed by atoms with Gasteiger partial charge in [-0.05, 0) is 41.3 Å². The van der Waals surface area contributed by atoms with Crippen LogP contribution < -0.4 is 0 Å². The van der Waals surface area contributed by atoms with Crippen LogP contribution in [0.3, 0.4) is 0 Å². The normalized spacial score (nSPS) is 20.3. The van der Waals surface area contributed by atoms with Crippen LogP contribution in [0.5, 0.6) is 0 Å². The Hall–Kier alpha value is 0.0700. The maximum Gasteiger partial charge on any atom is 0.151 e. The predicted octanol–water partition coefficient (Wildman–Crippen LogP) is 8.21. The van der Waals surface area contributed by atoms with E-state index in [0.29, 0.717) is 0 Å². The average molecular weight is 432 g/mol. The van der Waals surface area contributed by atoms with Gasteiger partial charge in [-0.25, -0.2) is 0 Å². The second kappa shape index (κ2) is 11.6. The molecule has 0 N–H and O–H groups in total. The van der Waals surface area contributed by atoms with Crippen molar-refractivity contribution in [2.24, 2.45) is 0 Å². The third-order valence-corrected chi connectivity index (χ3v) is 7.65. The Balaban J connectivity index is 1.45. The van der Waals surface area contributed by atoms with Crippen molar-refractivity contribution in [1.29, 1.82) is 0 Å². The number of thiophene rings is 1. The van der Waals surface area contributed by atoms with Gasteiger partial charge in [0.1, 0.15) is 3.66 Å². The van der Waals surface area contributed by atoms with Crippen molar-refractivity contribution in [2.45, 2.75) is 81.2 Å². The van der Waals surface area contributed by atoms with E-state index >= 15 is 0 Å². The van der Waals surface area contributed by atoms with Gasteiger partial charge < -0.3 is 4.74 Å². The number of halogens is 1. The van der Waals surface area contributed by atoms with E-state index in [1.165, 1.54) is 69.8 Å². The maximum absolute atomic E-state index is 5.97. The Morgan fingerprint density at radius 3 is 2.33 bits per heavy atom. The van der Waals surface area contributed by atoms with E-state index in [9.17, 15) is 0 Å². The van der Waals surface area contributed by atoms with Crippen LogP contribution in [0.1, 0.15) is 83.1 Å².